The molecule has 1 heterocycles. The predicted octanol–water partition coefficient (Wildman–Crippen LogP) is 3.83. The highest BCUT2D eigenvalue weighted by Gasteiger charge is 2.19. The summed E-state index contributed by atoms with van der Waals surface area (Å²) in [4.78, 5) is 5.64. The predicted molar refractivity (Wildman–Crippen MR) is 118 cm³/mol. The average molecular weight is 484 g/mol. The fourth-order valence-corrected chi connectivity index (χ4v) is 4.58. The monoisotopic (exact) mass is 483 g/mol. The van der Waals surface area contributed by atoms with Gasteiger partial charge in [0.1, 0.15) is 5.75 Å². The van der Waals surface area contributed by atoms with E-state index in [0.717, 1.165) is 27.3 Å². The van der Waals surface area contributed by atoms with Crippen molar-refractivity contribution in [3.05, 3.63) is 58.2 Å². The standard InChI is InChI=1S/C19H21N3O3S2.BrH/c1-13-9-14(11-17(10-13)27(24,25)21(2)3)18-12-26-19(22(18)4)20-15-5-7-16(23)8-6-15;/h5-12,23H,1-4H3;1H. The first-order chi connectivity index (χ1) is 12.7. The number of benzene rings is 2. The molecule has 9 heteroatoms. The van der Waals surface area contributed by atoms with Gasteiger partial charge in [-0.15, -0.1) is 28.3 Å². The van der Waals surface area contributed by atoms with Crippen molar-refractivity contribution in [1.82, 2.24) is 8.87 Å². The summed E-state index contributed by atoms with van der Waals surface area (Å²) in [5, 5.41) is 11.3. The van der Waals surface area contributed by atoms with E-state index in [-0.39, 0.29) is 27.6 Å². The Balaban J connectivity index is 0.00000280. The van der Waals surface area contributed by atoms with E-state index in [1.807, 2.05) is 30.0 Å². The van der Waals surface area contributed by atoms with Gasteiger partial charge in [0.15, 0.2) is 4.80 Å². The number of hydrogen-bond donors (Lipinski definition) is 1. The van der Waals surface area contributed by atoms with E-state index < -0.39 is 10.0 Å². The number of rotatable bonds is 4. The number of phenols is 1. The van der Waals surface area contributed by atoms with Gasteiger partial charge in [-0.1, -0.05) is 0 Å². The Hall–Kier alpha value is -1.94. The van der Waals surface area contributed by atoms with Crippen LogP contribution in [-0.4, -0.2) is 36.5 Å². The summed E-state index contributed by atoms with van der Waals surface area (Å²) < 4.78 is 28.2. The maximum atomic E-state index is 12.5. The van der Waals surface area contributed by atoms with Crippen LogP contribution in [-0.2, 0) is 17.1 Å². The van der Waals surface area contributed by atoms with Crippen molar-refractivity contribution in [1.29, 1.82) is 0 Å². The molecule has 0 aliphatic carbocycles. The first kappa shape index (κ1) is 22.4. The highest BCUT2D eigenvalue weighted by molar-refractivity contribution is 8.93. The minimum Gasteiger partial charge on any atom is -0.508 e. The van der Waals surface area contributed by atoms with Crippen LogP contribution in [0.1, 0.15) is 5.56 Å². The van der Waals surface area contributed by atoms with E-state index >= 15 is 0 Å². The molecule has 150 valence electrons. The molecular formula is C19H22BrN3O3S2. The molecule has 0 unspecified atom stereocenters. The second-order valence-corrected chi connectivity index (χ2v) is 9.40. The van der Waals surface area contributed by atoms with Gasteiger partial charge in [-0.2, -0.15) is 0 Å². The van der Waals surface area contributed by atoms with Gasteiger partial charge in [-0.3, -0.25) is 0 Å². The Kier molecular flexibility index (Phi) is 6.87. The van der Waals surface area contributed by atoms with E-state index in [1.165, 1.54) is 29.7 Å². The van der Waals surface area contributed by atoms with Crippen molar-refractivity contribution >= 4 is 44.0 Å². The molecule has 1 N–H and O–H groups in total. The Morgan fingerprint density at radius 3 is 2.36 bits per heavy atom. The molecule has 0 bridgehead atoms. The zero-order chi connectivity index (χ0) is 19.8. The van der Waals surface area contributed by atoms with Crippen molar-refractivity contribution in [3.8, 4) is 17.0 Å². The van der Waals surface area contributed by atoms with E-state index in [0.29, 0.717) is 0 Å². The molecule has 3 rings (SSSR count). The first-order valence-electron chi connectivity index (χ1n) is 8.21. The second-order valence-electron chi connectivity index (χ2n) is 6.41. The molecule has 0 saturated heterocycles. The number of thiazole rings is 1. The topological polar surface area (TPSA) is 74.9 Å². The molecule has 0 atom stereocenters. The van der Waals surface area contributed by atoms with E-state index in [4.69, 9.17) is 0 Å². The highest BCUT2D eigenvalue weighted by Crippen LogP contribution is 2.26. The van der Waals surface area contributed by atoms with Gasteiger partial charge in [-0.25, -0.2) is 17.7 Å². The number of halogens is 1. The van der Waals surface area contributed by atoms with Gasteiger partial charge in [0.05, 0.1) is 16.3 Å². The number of aryl methyl sites for hydroxylation is 1. The molecule has 0 aliphatic heterocycles. The van der Waals surface area contributed by atoms with Crippen LogP contribution in [0.15, 0.2) is 57.7 Å². The molecule has 0 amide bonds. The third-order valence-electron chi connectivity index (χ3n) is 4.12. The number of sulfonamides is 1. The van der Waals surface area contributed by atoms with Crippen LogP contribution in [0.4, 0.5) is 5.69 Å². The lowest BCUT2D eigenvalue weighted by Gasteiger charge is -2.13. The Labute approximate surface area is 179 Å². The molecule has 2 aromatic carbocycles. The summed E-state index contributed by atoms with van der Waals surface area (Å²) in [7, 11) is 1.44. The first-order valence-corrected chi connectivity index (χ1v) is 10.5. The van der Waals surface area contributed by atoms with Gasteiger partial charge in [-0.05, 0) is 55.0 Å². The SMILES string of the molecule is Br.Cc1cc(-c2csc(=Nc3ccc(O)cc3)n2C)cc(S(=O)(=O)N(C)C)c1. The molecule has 28 heavy (non-hydrogen) atoms. The maximum absolute atomic E-state index is 12.5. The minimum absolute atomic E-state index is 0. The zero-order valence-electron chi connectivity index (χ0n) is 15.9. The molecule has 6 nitrogen and oxygen atoms in total. The Morgan fingerprint density at radius 1 is 1.11 bits per heavy atom. The lowest BCUT2D eigenvalue weighted by molar-refractivity contribution is 0.475. The van der Waals surface area contributed by atoms with Crippen LogP contribution in [0.3, 0.4) is 0 Å². The molecule has 0 aliphatic rings. The number of aromatic hydroxyl groups is 1. The average Bonchev–Trinajstić information content (AvgIpc) is 2.97. The van der Waals surface area contributed by atoms with Crippen LogP contribution >= 0.6 is 28.3 Å². The molecule has 0 radical (unpaired) electrons. The van der Waals surface area contributed by atoms with Crippen LogP contribution < -0.4 is 4.80 Å². The number of hydrogen-bond acceptors (Lipinski definition) is 5. The Bertz CT molecular complexity index is 1150. The second kappa shape index (κ2) is 8.60. The summed E-state index contributed by atoms with van der Waals surface area (Å²) in [6.07, 6.45) is 0. The summed E-state index contributed by atoms with van der Waals surface area (Å²) in [5.41, 5.74) is 3.31. The van der Waals surface area contributed by atoms with Crippen LogP contribution in [0.2, 0.25) is 0 Å². The summed E-state index contributed by atoms with van der Waals surface area (Å²) >= 11 is 1.47. The van der Waals surface area contributed by atoms with E-state index in [1.54, 1.807) is 36.4 Å². The van der Waals surface area contributed by atoms with Crippen molar-refractivity contribution in [3.63, 3.8) is 0 Å². The van der Waals surface area contributed by atoms with Gasteiger partial charge >= 0.3 is 0 Å². The number of nitrogens with zero attached hydrogens (tertiary/aromatic N) is 3. The smallest absolute Gasteiger partial charge is 0.242 e. The normalized spacial score (nSPS) is 12.2. The quantitative estimate of drug-likeness (QED) is 0.612. The summed E-state index contributed by atoms with van der Waals surface area (Å²) in [5.74, 6) is 0.194. The number of aromatic nitrogens is 1. The van der Waals surface area contributed by atoms with Crippen molar-refractivity contribution in [2.24, 2.45) is 12.0 Å². The fourth-order valence-electron chi connectivity index (χ4n) is 2.63. The minimum atomic E-state index is -3.51. The van der Waals surface area contributed by atoms with Gasteiger partial charge in [0.2, 0.25) is 10.0 Å². The molecule has 1 aromatic heterocycles. The highest BCUT2D eigenvalue weighted by atomic mass is 79.9. The molecule has 3 aromatic rings. The molecule has 0 saturated carbocycles. The van der Waals surface area contributed by atoms with Crippen LogP contribution in [0, 0.1) is 6.92 Å². The largest absolute Gasteiger partial charge is 0.508 e. The maximum Gasteiger partial charge on any atom is 0.242 e. The van der Waals surface area contributed by atoms with Crippen molar-refractivity contribution < 1.29 is 13.5 Å². The molecule has 0 fully saturated rings. The van der Waals surface area contributed by atoms with Crippen molar-refractivity contribution in [2.75, 3.05) is 14.1 Å². The molecule has 0 spiro atoms. The van der Waals surface area contributed by atoms with Gasteiger partial charge in [0, 0.05) is 32.1 Å². The van der Waals surface area contributed by atoms with Crippen LogP contribution in [0.25, 0.3) is 11.3 Å². The summed E-state index contributed by atoms with van der Waals surface area (Å²) in [6.45, 7) is 1.88. The third kappa shape index (κ3) is 4.54. The fraction of sp³-hybridized carbons (Fsp3) is 0.211. The summed E-state index contributed by atoms with van der Waals surface area (Å²) in [6, 6.07) is 12.0. The van der Waals surface area contributed by atoms with Gasteiger partial charge < -0.3 is 9.67 Å². The van der Waals surface area contributed by atoms with Crippen LogP contribution in [0.5, 0.6) is 5.75 Å². The lowest BCUT2D eigenvalue weighted by Crippen LogP contribution is -2.22. The molecular weight excluding hydrogens is 462 g/mol. The zero-order valence-corrected chi connectivity index (χ0v) is 19.3. The number of phenolic OH excluding ortho intramolecular Hbond substituents is 1. The third-order valence-corrected chi connectivity index (χ3v) is 6.83. The Morgan fingerprint density at radius 2 is 1.75 bits per heavy atom. The lowest BCUT2D eigenvalue weighted by atomic mass is 10.1. The van der Waals surface area contributed by atoms with Gasteiger partial charge in [0.25, 0.3) is 0 Å². The van der Waals surface area contributed by atoms with Crippen molar-refractivity contribution in [2.45, 2.75) is 11.8 Å². The van der Waals surface area contributed by atoms with E-state index in [2.05, 4.69) is 4.99 Å². The van der Waals surface area contributed by atoms with E-state index in [9.17, 15) is 13.5 Å².